The first-order chi connectivity index (χ1) is 14.8. The van der Waals surface area contributed by atoms with Gasteiger partial charge in [-0.25, -0.2) is 18.2 Å². The molecule has 2 aromatic rings. The minimum Gasteiger partial charge on any atom is -0.348 e. The van der Waals surface area contributed by atoms with Crippen LogP contribution in [0.1, 0.15) is 15.9 Å². The largest absolute Gasteiger partial charge is 0.348 e. The van der Waals surface area contributed by atoms with E-state index >= 15 is 0 Å². The number of aromatic nitrogens is 1. The lowest BCUT2D eigenvalue weighted by Gasteiger charge is -2.30. The molecule has 160 valence electrons. The Morgan fingerprint density at radius 1 is 1.26 bits per heavy atom. The fraction of sp³-hybridized carbons (Fsp3) is 0.190. The van der Waals surface area contributed by atoms with Crippen LogP contribution in [0.2, 0.25) is 0 Å². The van der Waals surface area contributed by atoms with Gasteiger partial charge >= 0.3 is 0 Å². The van der Waals surface area contributed by atoms with Gasteiger partial charge in [0.1, 0.15) is 22.5 Å². The maximum absolute atomic E-state index is 13.8. The van der Waals surface area contributed by atoms with Gasteiger partial charge in [0.05, 0.1) is 17.0 Å². The van der Waals surface area contributed by atoms with E-state index in [4.69, 9.17) is 11.6 Å². The Morgan fingerprint density at radius 2 is 2.00 bits per heavy atom. The standard InChI is InChI=1S/C21H15ClF3N3O2S/c22-15-3-1-2-11(15)9-28-18-4-12(7-27-21(18)31-10-19(28)29)20(30)26-8-14-16(24)5-13(23)6-17(14)25/h1-7,11H,8-10H2,(H,26,30). The number of halogens is 4. The summed E-state index contributed by atoms with van der Waals surface area (Å²) in [4.78, 5) is 30.9. The van der Waals surface area contributed by atoms with Gasteiger partial charge in [0, 0.05) is 47.9 Å². The quantitative estimate of drug-likeness (QED) is 0.719. The van der Waals surface area contributed by atoms with E-state index in [1.807, 2.05) is 12.2 Å². The van der Waals surface area contributed by atoms with Crippen molar-refractivity contribution < 1.29 is 22.8 Å². The first-order valence-electron chi connectivity index (χ1n) is 9.22. The van der Waals surface area contributed by atoms with Crippen LogP contribution in [0, 0.1) is 23.4 Å². The average molecular weight is 466 g/mol. The number of hydrogen-bond acceptors (Lipinski definition) is 4. The number of fused-ring (bicyclic) bond motifs is 1. The fourth-order valence-corrected chi connectivity index (χ4v) is 4.34. The van der Waals surface area contributed by atoms with Gasteiger partial charge in [-0.15, -0.1) is 0 Å². The molecule has 1 aromatic heterocycles. The highest BCUT2D eigenvalue weighted by Crippen LogP contribution is 2.36. The topological polar surface area (TPSA) is 62.3 Å². The van der Waals surface area contributed by atoms with E-state index in [0.717, 1.165) is 0 Å². The highest BCUT2D eigenvalue weighted by atomic mass is 35.5. The van der Waals surface area contributed by atoms with Crippen molar-refractivity contribution in [3.63, 3.8) is 0 Å². The highest BCUT2D eigenvalue weighted by molar-refractivity contribution is 8.00. The van der Waals surface area contributed by atoms with Gasteiger partial charge in [-0.1, -0.05) is 35.5 Å². The Hall–Kier alpha value is -2.78. The second kappa shape index (κ2) is 8.76. The minimum atomic E-state index is -1.09. The third-order valence-electron chi connectivity index (χ3n) is 4.88. The van der Waals surface area contributed by atoms with E-state index in [0.29, 0.717) is 34.4 Å². The number of amides is 2. The number of rotatable bonds is 5. The summed E-state index contributed by atoms with van der Waals surface area (Å²) in [6, 6.07) is 2.60. The van der Waals surface area contributed by atoms with Crippen molar-refractivity contribution in [2.75, 3.05) is 17.2 Å². The number of allylic oxidation sites excluding steroid dienone is 2. The van der Waals surface area contributed by atoms with Gasteiger partial charge in [0.25, 0.3) is 5.91 Å². The predicted molar refractivity (Wildman–Crippen MR) is 111 cm³/mol. The molecular weight excluding hydrogens is 451 g/mol. The maximum Gasteiger partial charge on any atom is 0.253 e. The van der Waals surface area contributed by atoms with Crippen LogP contribution in [-0.2, 0) is 11.3 Å². The zero-order valence-electron chi connectivity index (χ0n) is 15.9. The van der Waals surface area contributed by atoms with Crippen LogP contribution in [-0.4, -0.2) is 29.1 Å². The van der Waals surface area contributed by atoms with Gasteiger partial charge in [-0.2, -0.15) is 0 Å². The summed E-state index contributed by atoms with van der Waals surface area (Å²) in [5, 5.41) is 3.60. The number of carbonyl (C=O) groups is 2. The van der Waals surface area contributed by atoms with Crippen molar-refractivity contribution in [1.29, 1.82) is 0 Å². The van der Waals surface area contributed by atoms with Crippen molar-refractivity contribution in [3.05, 3.63) is 76.2 Å². The van der Waals surface area contributed by atoms with Crippen molar-refractivity contribution in [2.45, 2.75) is 11.6 Å². The van der Waals surface area contributed by atoms with Crippen molar-refractivity contribution in [3.8, 4) is 0 Å². The van der Waals surface area contributed by atoms with Crippen LogP contribution in [0.15, 0.2) is 52.7 Å². The lowest BCUT2D eigenvalue weighted by Crippen LogP contribution is -2.39. The average Bonchev–Trinajstić information content (AvgIpc) is 3.13. The van der Waals surface area contributed by atoms with E-state index in [-0.39, 0.29) is 23.1 Å². The number of pyridine rings is 1. The molecule has 31 heavy (non-hydrogen) atoms. The van der Waals surface area contributed by atoms with Crippen LogP contribution < -0.4 is 10.2 Å². The van der Waals surface area contributed by atoms with E-state index in [1.165, 1.54) is 28.9 Å². The molecule has 4 rings (SSSR count). The van der Waals surface area contributed by atoms with Gasteiger partial charge < -0.3 is 10.2 Å². The highest BCUT2D eigenvalue weighted by Gasteiger charge is 2.30. The summed E-state index contributed by atoms with van der Waals surface area (Å²) in [5.41, 5.74) is 0.130. The van der Waals surface area contributed by atoms with Crippen LogP contribution >= 0.6 is 23.4 Å². The molecule has 1 atom stereocenters. The van der Waals surface area contributed by atoms with E-state index < -0.39 is 35.5 Å². The molecule has 0 fully saturated rings. The van der Waals surface area contributed by atoms with Crippen LogP contribution in [0.4, 0.5) is 18.9 Å². The van der Waals surface area contributed by atoms with Gasteiger partial charge in [-0.05, 0) is 12.1 Å². The van der Waals surface area contributed by atoms with E-state index in [9.17, 15) is 22.8 Å². The molecule has 1 unspecified atom stereocenters. The predicted octanol–water partition coefficient (Wildman–Crippen LogP) is 4.18. The Labute approximate surface area is 185 Å². The molecule has 2 amide bonds. The summed E-state index contributed by atoms with van der Waals surface area (Å²) in [6.45, 7) is -0.171. The molecule has 0 saturated heterocycles. The summed E-state index contributed by atoms with van der Waals surface area (Å²) in [7, 11) is 0. The first-order valence-corrected chi connectivity index (χ1v) is 10.6. The van der Waals surface area contributed by atoms with Crippen LogP contribution in [0.3, 0.4) is 0 Å². The fourth-order valence-electron chi connectivity index (χ4n) is 3.27. The molecule has 0 spiro atoms. The van der Waals surface area contributed by atoms with E-state index in [2.05, 4.69) is 10.3 Å². The number of anilines is 1. The molecule has 1 N–H and O–H groups in total. The summed E-state index contributed by atoms with van der Waals surface area (Å²) in [6.07, 6.45) is 6.78. The normalized spacial score (nSPS) is 17.5. The monoisotopic (exact) mass is 465 g/mol. The molecule has 0 radical (unpaired) electrons. The third-order valence-corrected chi connectivity index (χ3v) is 6.27. The molecule has 2 heterocycles. The molecule has 1 aliphatic heterocycles. The molecule has 1 aliphatic carbocycles. The van der Waals surface area contributed by atoms with Crippen molar-refractivity contribution in [2.24, 2.45) is 5.92 Å². The number of nitrogens with zero attached hydrogens (tertiary/aromatic N) is 2. The molecule has 1 aromatic carbocycles. The molecule has 0 bridgehead atoms. The maximum atomic E-state index is 13.8. The second-order valence-electron chi connectivity index (χ2n) is 6.91. The Kier molecular flexibility index (Phi) is 6.06. The SMILES string of the molecule is O=C(NCc1c(F)cc(F)cc1F)c1cnc2c(c1)N(CC1C=CC=C1Cl)C(=O)CS2. The summed E-state index contributed by atoms with van der Waals surface area (Å²) < 4.78 is 40.6. The molecule has 0 saturated carbocycles. The smallest absolute Gasteiger partial charge is 0.253 e. The lowest BCUT2D eigenvalue weighted by molar-refractivity contribution is -0.116. The molecule has 10 heteroatoms. The first kappa shape index (κ1) is 21.5. The van der Waals surface area contributed by atoms with Crippen LogP contribution in [0.25, 0.3) is 0 Å². The number of carbonyl (C=O) groups excluding carboxylic acids is 2. The Balaban J connectivity index is 1.54. The Bertz CT molecular complexity index is 1120. The van der Waals surface area contributed by atoms with E-state index in [1.54, 1.807) is 6.08 Å². The van der Waals surface area contributed by atoms with Gasteiger partial charge in [-0.3, -0.25) is 9.59 Å². The Morgan fingerprint density at radius 3 is 2.68 bits per heavy atom. The van der Waals surface area contributed by atoms with Gasteiger partial charge in [0.2, 0.25) is 5.91 Å². The zero-order chi connectivity index (χ0) is 22.1. The zero-order valence-corrected chi connectivity index (χ0v) is 17.4. The lowest BCUT2D eigenvalue weighted by atomic mass is 10.1. The number of nitrogens with one attached hydrogen (secondary N) is 1. The number of thioether (sulfide) groups is 1. The molecule has 2 aliphatic rings. The number of benzene rings is 1. The molecular formula is C21H15ClF3N3O2S. The van der Waals surface area contributed by atoms with Crippen molar-refractivity contribution >= 4 is 40.9 Å². The van der Waals surface area contributed by atoms with Crippen molar-refractivity contribution in [1.82, 2.24) is 10.3 Å². The summed E-state index contributed by atoms with van der Waals surface area (Å²) >= 11 is 7.44. The third kappa shape index (κ3) is 4.47. The second-order valence-corrected chi connectivity index (χ2v) is 8.32. The number of hydrogen-bond donors (Lipinski definition) is 1. The summed E-state index contributed by atoms with van der Waals surface area (Å²) in [5.74, 6) is -3.95. The molecule has 5 nitrogen and oxygen atoms in total. The minimum absolute atomic E-state index is 0.116. The van der Waals surface area contributed by atoms with Gasteiger partial charge in [0.15, 0.2) is 0 Å². The van der Waals surface area contributed by atoms with Crippen LogP contribution in [0.5, 0.6) is 0 Å².